The number of carboxylic acids is 1. The van der Waals surface area contributed by atoms with E-state index in [2.05, 4.69) is 0 Å². The van der Waals surface area contributed by atoms with E-state index in [1.807, 2.05) is 0 Å². The fraction of sp³-hybridized carbons (Fsp3) is 0.333. The van der Waals surface area contributed by atoms with Crippen LogP contribution in [0.3, 0.4) is 0 Å². The third kappa shape index (κ3) is 2.78. The number of nitriles is 1. The standard InChI is InChI=1S/C12H11F2NO2/c1-2-7-3-4-8(6-15)9(5-10(16)17)11(7)12(13)14/h3-4,12H,2,5H2,1H3,(H,16,17). The quantitative estimate of drug-likeness (QED) is 0.878. The number of alkyl halides is 2. The molecule has 0 saturated carbocycles. The van der Waals surface area contributed by atoms with Crippen LogP contribution in [0, 0.1) is 11.3 Å². The number of aliphatic carboxylic acids is 1. The van der Waals surface area contributed by atoms with Crippen molar-refractivity contribution in [1.82, 2.24) is 0 Å². The lowest BCUT2D eigenvalue weighted by Gasteiger charge is -2.13. The van der Waals surface area contributed by atoms with E-state index in [1.54, 1.807) is 13.0 Å². The molecule has 0 amide bonds. The van der Waals surface area contributed by atoms with Crippen LogP contribution in [0.5, 0.6) is 0 Å². The highest BCUT2D eigenvalue weighted by molar-refractivity contribution is 5.72. The zero-order chi connectivity index (χ0) is 13.0. The minimum atomic E-state index is -2.77. The van der Waals surface area contributed by atoms with E-state index in [0.29, 0.717) is 12.0 Å². The zero-order valence-corrected chi connectivity index (χ0v) is 9.20. The summed E-state index contributed by atoms with van der Waals surface area (Å²) in [6, 6.07) is 4.59. The van der Waals surface area contributed by atoms with Crippen LogP contribution in [-0.4, -0.2) is 11.1 Å². The van der Waals surface area contributed by atoms with Gasteiger partial charge in [0, 0.05) is 5.56 Å². The van der Waals surface area contributed by atoms with Crippen molar-refractivity contribution in [2.75, 3.05) is 0 Å². The highest BCUT2D eigenvalue weighted by Gasteiger charge is 2.21. The Labute approximate surface area is 97.3 Å². The fourth-order valence-corrected chi connectivity index (χ4v) is 1.74. The van der Waals surface area contributed by atoms with Crippen molar-refractivity contribution in [3.8, 4) is 6.07 Å². The maximum Gasteiger partial charge on any atom is 0.307 e. The zero-order valence-electron chi connectivity index (χ0n) is 9.20. The molecule has 90 valence electrons. The second-order valence-corrected chi connectivity index (χ2v) is 3.50. The van der Waals surface area contributed by atoms with Crippen LogP contribution in [0.15, 0.2) is 12.1 Å². The monoisotopic (exact) mass is 239 g/mol. The number of benzene rings is 1. The van der Waals surface area contributed by atoms with Gasteiger partial charge in [0.1, 0.15) is 0 Å². The van der Waals surface area contributed by atoms with E-state index >= 15 is 0 Å². The molecule has 0 saturated heterocycles. The van der Waals surface area contributed by atoms with Gasteiger partial charge in [0.15, 0.2) is 0 Å². The third-order valence-corrected chi connectivity index (χ3v) is 2.49. The van der Waals surface area contributed by atoms with Crippen molar-refractivity contribution in [3.63, 3.8) is 0 Å². The lowest BCUT2D eigenvalue weighted by Crippen LogP contribution is -2.09. The molecule has 0 heterocycles. The van der Waals surface area contributed by atoms with Crippen molar-refractivity contribution in [2.45, 2.75) is 26.2 Å². The molecular formula is C12H11F2NO2. The van der Waals surface area contributed by atoms with Gasteiger partial charge in [-0.1, -0.05) is 13.0 Å². The van der Waals surface area contributed by atoms with Crippen LogP contribution >= 0.6 is 0 Å². The Morgan fingerprint density at radius 2 is 2.18 bits per heavy atom. The summed E-state index contributed by atoms with van der Waals surface area (Å²) >= 11 is 0. The molecule has 1 rings (SSSR count). The first-order valence-electron chi connectivity index (χ1n) is 5.05. The summed E-state index contributed by atoms with van der Waals surface area (Å²) in [5, 5.41) is 17.5. The molecule has 3 nitrogen and oxygen atoms in total. The molecule has 1 N–H and O–H groups in total. The summed E-state index contributed by atoms with van der Waals surface area (Å²) in [4.78, 5) is 10.7. The van der Waals surface area contributed by atoms with Crippen molar-refractivity contribution >= 4 is 5.97 Å². The molecular weight excluding hydrogens is 228 g/mol. The number of carbonyl (C=O) groups is 1. The Kier molecular flexibility index (Phi) is 4.16. The van der Waals surface area contributed by atoms with Gasteiger partial charge in [-0.3, -0.25) is 4.79 Å². The van der Waals surface area contributed by atoms with E-state index in [0.717, 1.165) is 0 Å². The van der Waals surface area contributed by atoms with Crippen molar-refractivity contribution < 1.29 is 18.7 Å². The summed E-state index contributed by atoms with van der Waals surface area (Å²) in [6.45, 7) is 1.71. The summed E-state index contributed by atoms with van der Waals surface area (Å²) in [5.74, 6) is -1.23. The lowest BCUT2D eigenvalue weighted by molar-refractivity contribution is -0.136. The molecule has 0 aromatic heterocycles. The normalized spacial score (nSPS) is 10.3. The molecule has 17 heavy (non-hydrogen) atoms. The predicted octanol–water partition coefficient (Wildman–Crippen LogP) is 2.69. The van der Waals surface area contributed by atoms with E-state index < -0.39 is 18.8 Å². The van der Waals surface area contributed by atoms with E-state index in [4.69, 9.17) is 10.4 Å². The molecule has 0 aliphatic rings. The number of halogens is 2. The molecule has 0 unspecified atom stereocenters. The van der Waals surface area contributed by atoms with Crippen molar-refractivity contribution in [3.05, 3.63) is 34.4 Å². The molecule has 5 heteroatoms. The first kappa shape index (κ1) is 13.1. The summed E-state index contributed by atoms with van der Waals surface area (Å²) in [6.07, 6.45) is -2.96. The SMILES string of the molecule is CCc1ccc(C#N)c(CC(=O)O)c1C(F)F. The number of hydrogen-bond acceptors (Lipinski definition) is 2. The summed E-state index contributed by atoms with van der Waals surface area (Å²) in [7, 11) is 0. The Morgan fingerprint density at radius 3 is 2.59 bits per heavy atom. The van der Waals surface area contributed by atoms with Gasteiger partial charge in [0.05, 0.1) is 18.1 Å². The Balaban J connectivity index is 3.47. The largest absolute Gasteiger partial charge is 0.481 e. The molecule has 0 bridgehead atoms. The molecule has 0 aliphatic heterocycles. The summed E-state index contributed by atoms with van der Waals surface area (Å²) in [5.41, 5.74) is -0.00144. The highest BCUT2D eigenvalue weighted by atomic mass is 19.3. The van der Waals surface area contributed by atoms with E-state index in [1.165, 1.54) is 12.1 Å². The Morgan fingerprint density at radius 1 is 1.53 bits per heavy atom. The van der Waals surface area contributed by atoms with Gasteiger partial charge in [0.2, 0.25) is 0 Å². The summed E-state index contributed by atoms with van der Waals surface area (Å²) < 4.78 is 25.9. The van der Waals surface area contributed by atoms with Crippen molar-refractivity contribution in [1.29, 1.82) is 5.26 Å². The van der Waals surface area contributed by atoms with Crippen LogP contribution in [0.25, 0.3) is 0 Å². The maximum atomic E-state index is 12.9. The van der Waals surface area contributed by atoms with Crippen LogP contribution in [0.1, 0.15) is 35.6 Å². The van der Waals surface area contributed by atoms with Crippen LogP contribution in [0.2, 0.25) is 0 Å². The average Bonchev–Trinajstić information content (AvgIpc) is 2.27. The number of hydrogen-bond donors (Lipinski definition) is 1. The predicted molar refractivity (Wildman–Crippen MR) is 56.8 cm³/mol. The van der Waals surface area contributed by atoms with E-state index in [9.17, 15) is 13.6 Å². The van der Waals surface area contributed by atoms with Crippen molar-refractivity contribution in [2.24, 2.45) is 0 Å². The minimum absolute atomic E-state index is 0.0000926. The molecule has 0 spiro atoms. The van der Waals surface area contributed by atoms with Gasteiger partial charge in [-0.2, -0.15) is 5.26 Å². The second-order valence-electron chi connectivity index (χ2n) is 3.50. The maximum absolute atomic E-state index is 12.9. The molecule has 0 radical (unpaired) electrons. The van der Waals surface area contributed by atoms with Gasteiger partial charge < -0.3 is 5.11 Å². The second kappa shape index (κ2) is 5.39. The van der Waals surface area contributed by atoms with Gasteiger partial charge >= 0.3 is 5.97 Å². The number of aryl methyl sites for hydroxylation is 1. The Hall–Kier alpha value is -1.96. The molecule has 1 aromatic carbocycles. The Bertz CT molecular complexity index is 478. The minimum Gasteiger partial charge on any atom is -0.481 e. The number of carboxylic acid groups (broad SMARTS) is 1. The first-order valence-corrected chi connectivity index (χ1v) is 5.05. The lowest BCUT2D eigenvalue weighted by atomic mass is 9.93. The van der Waals surface area contributed by atoms with Crippen LogP contribution in [-0.2, 0) is 17.6 Å². The van der Waals surface area contributed by atoms with E-state index in [-0.39, 0.29) is 16.7 Å². The highest BCUT2D eigenvalue weighted by Crippen LogP contribution is 2.30. The topological polar surface area (TPSA) is 61.1 Å². The van der Waals surface area contributed by atoms with Gasteiger partial charge in [-0.15, -0.1) is 0 Å². The van der Waals surface area contributed by atoms with Crippen LogP contribution < -0.4 is 0 Å². The first-order chi connectivity index (χ1) is 8.01. The molecule has 0 fully saturated rings. The van der Waals surface area contributed by atoms with Gasteiger partial charge in [0.25, 0.3) is 6.43 Å². The van der Waals surface area contributed by atoms with Crippen LogP contribution in [0.4, 0.5) is 8.78 Å². The number of rotatable bonds is 4. The van der Waals surface area contributed by atoms with Gasteiger partial charge in [-0.25, -0.2) is 8.78 Å². The van der Waals surface area contributed by atoms with Gasteiger partial charge in [-0.05, 0) is 23.6 Å². The molecule has 1 aromatic rings. The average molecular weight is 239 g/mol. The third-order valence-electron chi connectivity index (χ3n) is 2.49. The molecule has 0 aliphatic carbocycles. The number of nitrogens with zero attached hydrogens (tertiary/aromatic N) is 1. The smallest absolute Gasteiger partial charge is 0.307 e. The fourth-order valence-electron chi connectivity index (χ4n) is 1.74. The molecule has 0 atom stereocenters.